The summed E-state index contributed by atoms with van der Waals surface area (Å²) in [6.45, 7) is 2.06. The molecule has 0 saturated carbocycles. The van der Waals surface area contributed by atoms with Crippen LogP contribution in [-0.4, -0.2) is 23.8 Å². The highest BCUT2D eigenvalue weighted by Gasteiger charge is 2.30. The molecular formula is C21H18F3N3O2S. The molecule has 0 amide bonds. The molecule has 0 bridgehead atoms. The smallest absolute Gasteiger partial charge is 0.416 e. The molecule has 0 saturated heterocycles. The van der Waals surface area contributed by atoms with Gasteiger partial charge in [0.1, 0.15) is 0 Å². The van der Waals surface area contributed by atoms with Gasteiger partial charge in [0.25, 0.3) is 0 Å². The van der Waals surface area contributed by atoms with Crippen molar-refractivity contribution in [3.8, 4) is 11.1 Å². The van der Waals surface area contributed by atoms with Gasteiger partial charge in [-0.2, -0.15) is 18.3 Å². The number of hydrogen-bond acceptors (Lipinski definition) is 6. The molecule has 3 aromatic rings. The fraction of sp³-hybridized carbons (Fsp3) is 0.190. The Morgan fingerprint density at radius 3 is 2.63 bits per heavy atom. The Labute approximate surface area is 175 Å². The molecule has 1 heterocycles. The number of esters is 1. The van der Waals surface area contributed by atoms with Crippen LogP contribution in [-0.2, 0) is 22.1 Å². The third kappa shape index (κ3) is 5.66. The predicted molar refractivity (Wildman–Crippen MR) is 111 cm³/mol. The number of halogens is 3. The number of hydrogen-bond donors (Lipinski definition) is 1. The third-order valence-electron chi connectivity index (χ3n) is 4.03. The first-order chi connectivity index (χ1) is 14.4. The van der Waals surface area contributed by atoms with Crippen LogP contribution in [0.25, 0.3) is 11.1 Å². The van der Waals surface area contributed by atoms with Crippen molar-refractivity contribution in [2.24, 2.45) is 5.10 Å². The normalized spacial score (nSPS) is 11.6. The molecule has 0 radical (unpaired) electrons. The molecule has 0 spiro atoms. The Kier molecular flexibility index (Phi) is 6.83. The average Bonchev–Trinajstić information content (AvgIpc) is 3.15. The van der Waals surface area contributed by atoms with Crippen LogP contribution in [0.15, 0.2) is 59.0 Å². The van der Waals surface area contributed by atoms with Crippen molar-refractivity contribution in [2.75, 3.05) is 12.0 Å². The highest BCUT2D eigenvalue weighted by atomic mass is 32.1. The molecule has 0 aliphatic carbocycles. The van der Waals surface area contributed by atoms with E-state index in [1.165, 1.54) is 23.5 Å². The summed E-state index contributed by atoms with van der Waals surface area (Å²) in [6, 6.07) is 12.2. The van der Waals surface area contributed by atoms with E-state index in [4.69, 9.17) is 4.74 Å². The number of anilines is 1. The summed E-state index contributed by atoms with van der Waals surface area (Å²) in [6.07, 6.45) is -2.71. The van der Waals surface area contributed by atoms with E-state index in [9.17, 15) is 18.0 Å². The fourth-order valence-electron chi connectivity index (χ4n) is 2.67. The lowest BCUT2D eigenvalue weighted by Gasteiger charge is -2.09. The molecule has 9 heteroatoms. The van der Waals surface area contributed by atoms with E-state index in [1.54, 1.807) is 24.6 Å². The molecular weight excluding hydrogens is 415 g/mol. The summed E-state index contributed by atoms with van der Waals surface area (Å²) in [5.41, 5.74) is 4.82. The number of ether oxygens (including phenoxy) is 1. The van der Waals surface area contributed by atoms with Crippen LogP contribution >= 0.6 is 11.3 Å². The van der Waals surface area contributed by atoms with Gasteiger partial charge in [-0.3, -0.25) is 10.2 Å². The third-order valence-corrected chi connectivity index (χ3v) is 4.83. The van der Waals surface area contributed by atoms with Crippen LogP contribution in [0, 0.1) is 0 Å². The molecule has 2 aromatic carbocycles. The summed E-state index contributed by atoms with van der Waals surface area (Å²) < 4.78 is 43.2. The Balaban J connectivity index is 1.70. The number of carbonyl (C=O) groups is 1. The van der Waals surface area contributed by atoms with Crippen molar-refractivity contribution in [1.82, 2.24) is 4.98 Å². The molecule has 5 nitrogen and oxygen atoms in total. The number of hydrazone groups is 1. The Hall–Kier alpha value is -3.20. The molecule has 0 aliphatic rings. The molecule has 1 N–H and O–H groups in total. The second kappa shape index (κ2) is 9.53. The number of nitrogens with one attached hydrogen (secondary N) is 1. The van der Waals surface area contributed by atoms with Crippen molar-refractivity contribution in [3.05, 3.63) is 70.7 Å². The highest BCUT2D eigenvalue weighted by Crippen LogP contribution is 2.31. The highest BCUT2D eigenvalue weighted by molar-refractivity contribution is 7.13. The molecule has 1 aromatic heterocycles. The van der Waals surface area contributed by atoms with E-state index in [0.29, 0.717) is 23.0 Å². The number of rotatable bonds is 7. The number of alkyl halides is 3. The fourth-order valence-corrected chi connectivity index (χ4v) is 3.33. The van der Waals surface area contributed by atoms with Crippen LogP contribution in [0.5, 0.6) is 0 Å². The van der Waals surface area contributed by atoms with Gasteiger partial charge in [0.15, 0.2) is 0 Å². The molecule has 156 valence electrons. The first-order valence-electron chi connectivity index (χ1n) is 9.02. The van der Waals surface area contributed by atoms with Gasteiger partial charge in [-0.15, -0.1) is 11.3 Å². The van der Waals surface area contributed by atoms with Crippen LogP contribution in [0.3, 0.4) is 0 Å². The second-order valence-corrected chi connectivity index (χ2v) is 7.02. The van der Waals surface area contributed by atoms with Crippen molar-refractivity contribution in [2.45, 2.75) is 19.5 Å². The van der Waals surface area contributed by atoms with Crippen LogP contribution < -0.4 is 5.43 Å². The lowest BCUT2D eigenvalue weighted by atomic mass is 9.99. The molecule has 0 aliphatic heterocycles. The number of nitrogens with zero attached hydrogens (tertiary/aromatic N) is 2. The lowest BCUT2D eigenvalue weighted by Crippen LogP contribution is -2.07. The monoisotopic (exact) mass is 433 g/mol. The van der Waals surface area contributed by atoms with Gasteiger partial charge in [-0.25, -0.2) is 4.98 Å². The summed E-state index contributed by atoms with van der Waals surface area (Å²) in [5.74, 6) is -0.344. The predicted octanol–water partition coefficient (Wildman–Crippen LogP) is 5.38. The zero-order valence-electron chi connectivity index (χ0n) is 15.9. The summed E-state index contributed by atoms with van der Waals surface area (Å²) >= 11 is 1.30. The Bertz CT molecular complexity index is 1030. The van der Waals surface area contributed by atoms with Gasteiger partial charge < -0.3 is 4.74 Å². The number of carbonyl (C=O) groups excluding carboxylic acids is 1. The minimum Gasteiger partial charge on any atom is -0.466 e. The minimum absolute atomic E-state index is 0.0898. The largest absolute Gasteiger partial charge is 0.466 e. The summed E-state index contributed by atoms with van der Waals surface area (Å²) in [5, 5.41) is 6.41. The van der Waals surface area contributed by atoms with E-state index in [2.05, 4.69) is 15.5 Å². The summed E-state index contributed by atoms with van der Waals surface area (Å²) in [4.78, 5) is 15.8. The lowest BCUT2D eigenvalue weighted by molar-refractivity contribution is -0.142. The molecule has 0 unspecified atom stereocenters. The van der Waals surface area contributed by atoms with Gasteiger partial charge in [-0.1, -0.05) is 36.4 Å². The van der Waals surface area contributed by atoms with Crippen molar-refractivity contribution >= 4 is 28.7 Å². The van der Waals surface area contributed by atoms with Gasteiger partial charge in [0, 0.05) is 10.9 Å². The number of thiazole rings is 1. The van der Waals surface area contributed by atoms with Crippen LogP contribution in [0.4, 0.5) is 18.3 Å². The maximum Gasteiger partial charge on any atom is 0.416 e. The SMILES string of the molecule is CCOC(=O)Cc1csc(NN=Cc2ccccc2-c2ccc(C(F)(F)F)cc2)n1. The van der Waals surface area contributed by atoms with Gasteiger partial charge >= 0.3 is 12.1 Å². The number of benzene rings is 2. The average molecular weight is 433 g/mol. The molecule has 30 heavy (non-hydrogen) atoms. The van der Waals surface area contributed by atoms with Crippen molar-refractivity contribution in [3.63, 3.8) is 0 Å². The quantitative estimate of drug-likeness (QED) is 0.309. The topological polar surface area (TPSA) is 63.6 Å². The van der Waals surface area contributed by atoms with Crippen LogP contribution in [0.2, 0.25) is 0 Å². The van der Waals surface area contributed by atoms with E-state index in [1.807, 2.05) is 18.2 Å². The number of aromatic nitrogens is 1. The Morgan fingerprint density at radius 1 is 1.20 bits per heavy atom. The van der Waals surface area contributed by atoms with Gasteiger partial charge in [0.05, 0.1) is 30.5 Å². The van der Waals surface area contributed by atoms with Crippen molar-refractivity contribution in [1.29, 1.82) is 0 Å². The maximum absolute atomic E-state index is 12.8. The van der Waals surface area contributed by atoms with E-state index in [0.717, 1.165) is 23.3 Å². The standard InChI is InChI=1S/C21H18F3N3O2S/c1-2-29-19(28)11-17-13-30-20(26-17)27-25-12-15-5-3-4-6-18(15)14-7-9-16(10-8-14)21(22,23)24/h3-10,12-13H,2,11H2,1H3,(H,26,27). The maximum atomic E-state index is 12.8. The van der Waals surface area contributed by atoms with E-state index >= 15 is 0 Å². The minimum atomic E-state index is -4.37. The molecule has 0 fully saturated rings. The van der Waals surface area contributed by atoms with E-state index < -0.39 is 11.7 Å². The Morgan fingerprint density at radius 2 is 1.93 bits per heavy atom. The molecule has 0 atom stereocenters. The van der Waals surface area contributed by atoms with Gasteiger partial charge in [0.2, 0.25) is 5.13 Å². The zero-order chi connectivity index (χ0) is 21.6. The first kappa shape index (κ1) is 21.5. The van der Waals surface area contributed by atoms with Crippen molar-refractivity contribution < 1.29 is 22.7 Å². The first-order valence-corrected chi connectivity index (χ1v) is 9.90. The summed E-state index contributed by atoms with van der Waals surface area (Å²) in [7, 11) is 0. The zero-order valence-corrected chi connectivity index (χ0v) is 16.8. The molecule has 3 rings (SSSR count). The van der Waals surface area contributed by atoms with E-state index in [-0.39, 0.29) is 12.4 Å². The van der Waals surface area contributed by atoms with Crippen LogP contribution in [0.1, 0.15) is 23.7 Å². The second-order valence-electron chi connectivity index (χ2n) is 6.16. The van der Waals surface area contributed by atoms with Gasteiger partial charge in [-0.05, 0) is 30.2 Å².